The van der Waals surface area contributed by atoms with Gasteiger partial charge in [0, 0.05) is 24.1 Å². The molecule has 0 aromatic heterocycles. The molecule has 4 saturated carbocycles. The van der Waals surface area contributed by atoms with Crippen molar-refractivity contribution in [3.8, 4) is 0 Å². The lowest BCUT2D eigenvalue weighted by Crippen LogP contribution is -2.53. The number of anilines is 1. The van der Waals surface area contributed by atoms with Crippen LogP contribution >= 0.6 is 0 Å². The number of amides is 2. The van der Waals surface area contributed by atoms with E-state index in [4.69, 9.17) is 0 Å². The number of benzene rings is 1. The summed E-state index contributed by atoms with van der Waals surface area (Å²) < 4.78 is 38.2. The molecule has 158 valence electrons. The van der Waals surface area contributed by atoms with Crippen LogP contribution in [-0.2, 0) is 15.8 Å². The first-order valence-electron chi connectivity index (χ1n) is 10.5. The van der Waals surface area contributed by atoms with Crippen LogP contribution in [0.2, 0.25) is 0 Å². The first-order valence-corrected chi connectivity index (χ1v) is 10.5. The van der Waals surface area contributed by atoms with Crippen molar-refractivity contribution in [2.24, 2.45) is 23.2 Å². The smallest absolute Gasteiger partial charge is 0.356 e. The molecule has 4 aliphatic carbocycles. The van der Waals surface area contributed by atoms with Gasteiger partial charge in [0.25, 0.3) is 0 Å². The quantitative estimate of drug-likeness (QED) is 0.667. The van der Waals surface area contributed by atoms with E-state index in [1.54, 1.807) is 0 Å². The molecule has 0 heterocycles. The molecular formula is C22H27F3N2O2. The Hall–Kier alpha value is -2.05. The fourth-order valence-corrected chi connectivity index (χ4v) is 6.02. The Morgan fingerprint density at radius 1 is 1.03 bits per heavy atom. The number of alkyl halides is 3. The van der Waals surface area contributed by atoms with E-state index in [0.717, 1.165) is 31.4 Å². The summed E-state index contributed by atoms with van der Waals surface area (Å²) in [6.45, 7) is 0.413. The number of rotatable bonds is 6. The molecule has 4 aliphatic rings. The van der Waals surface area contributed by atoms with Crippen LogP contribution in [-0.4, -0.2) is 18.4 Å². The Kier molecular flexibility index (Phi) is 5.34. The monoisotopic (exact) mass is 408 g/mol. The summed E-state index contributed by atoms with van der Waals surface area (Å²) >= 11 is 0. The number of halogens is 3. The summed E-state index contributed by atoms with van der Waals surface area (Å²) in [7, 11) is 0. The van der Waals surface area contributed by atoms with Gasteiger partial charge in [-0.05, 0) is 80.9 Å². The van der Waals surface area contributed by atoms with Crippen molar-refractivity contribution in [3.63, 3.8) is 0 Å². The maximum atomic E-state index is 12.8. The van der Waals surface area contributed by atoms with Crippen LogP contribution < -0.4 is 10.6 Å². The highest BCUT2D eigenvalue weighted by Crippen LogP contribution is 2.60. The summed E-state index contributed by atoms with van der Waals surface area (Å²) in [6, 6.07) is 4.59. The van der Waals surface area contributed by atoms with Gasteiger partial charge in [0.15, 0.2) is 0 Å². The summed E-state index contributed by atoms with van der Waals surface area (Å²) in [5, 5.41) is 5.52. The minimum absolute atomic E-state index is 0.127. The third-order valence-electron chi connectivity index (χ3n) is 6.86. The number of nitrogens with one attached hydrogen (secondary N) is 2. The van der Waals surface area contributed by atoms with Crippen LogP contribution in [0.3, 0.4) is 0 Å². The average molecular weight is 408 g/mol. The van der Waals surface area contributed by atoms with Gasteiger partial charge in [-0.3, -0.25) is 9.59 Å². The van der Waals surface area contributed by atoms with Gasteiger partial charge in [0.05, 0.1) is 5.56 Å². The Morgan fingerprint density at radius 2 is 1.66 bits per heavy atom. The molecule has 5 rings (SSSR count). The largest absolute Gasteiger partial charge is 0.416 e. The van der Waals surface area contributed by atoms with E-state index >= 15 is 0 Å². The van der Waals surface area contributed by atoms with Crippen LogP contribution in [0.1, 0.15) is 56.9 Å². The molecule has 2 N–H and O–H groups in total. The number of hydrogen-bond acceptors (Lipinski definition) is 2. The van der Waals surface area contributed by atoms with E-state index in [-0.39, 0.29) is 29.3 Å². The second-order valence-corrected chi connectivity index (χ2v) is 9.18. The van der Waals surface area contributed by atoms with Crippen molar-refractivity contribution in [1.82, 2.24) is 5.32 Å². The Morgan fingerprint density at radius 3 is 2.24 bits per heavy atom. The molecule has 0 saturated heterocycles. The molecule has 29 heavy (non-hydrogen) atoms. The van der Waals surface area contributed by atoms with Crippen LogP contribution in [0.15, 0.2) is 24.3 Å². The SMILES string of the molecule is O=C(CCCNC(=O)C12CC3CC(CC(C3)C1)C2)Nc1cccc(C(F)(F)F)c1. The van der Waals surface area contributed by atoms with Crippen molar-refractivity contribution >= 4 is 17.5 Å². The van der Waals surface area contributed by atoms with E-state index in [2.05, 4.69) is 10.6 Å². The molecule has 1 aromatic rings. The molecule has 0 radical (unpaired) electrons. The fraction of sp³-hybridized carbons (Fsp3) is 0.636. The highest BCUT2D eigenvalue weighted by Gasteiger charge is 2.54. The summed E-state index contributed by atoms with van der Waals surface area (Å²) in [4.78, 5) is 24.9. The molecular weight excluding hydrogens is 381 g/mol. The first kappa shape index (κ1) is 20.2. The molecule has 0 spiro atoms. The summed E-state index contributed by atoms with van der Waals surface area (Å²) in [6.07, 6.45) is 3.01. The minimum atomic E-state index is -4.44. The molecule has 7 heteroatoms. The lowest BCUT2D eigenvalue weighted by Gasteiger charge is -2.55. The molecule has 2 amide bonds. The average Bonchev–Trinajstić information content (AvgIpc) is 2.63. The van der Waals surface area contributed by atoms with Gasteiger partial charge < -0.3 is 10.6 Å². The Balaban J connectivity index is 1.22. The highest BCUT2D eigenvalue weighted by molar-refractivity contribution is 5.90. The highest BCUT2D eigenvalue weighted by atomic mass is 19.4. The van der Waals surface area contributed by atoms with E-state index in [1.807, 2.05) is 0 Å². The molecule has 0 unspecified atom stereocenters. The second kappa shape index (κ2) is 7.65. The molecule has 1 aromatic carbocycles. The normalized spacial score (nSPS) is 30.2. The Labute approximate surface area is 168 Å². The number of hydrogen-bond donors (Lipinski definition) is 2. The van der Waals surface area contributed by atoms with Gasteiger partial charge in [-0.2, -0.15) is 13.2 Å². The lowest BCUT2D eigenvalue weighted by atomic mass is 9.49. The van der Waals surface area contributed by atoms with Gasteiger partial charge in [0.2, 0.25) is 11.8 Å². The number of carbonyl (C=O) groups excluding carboxylic acids is 2. The maximum Gasteiger partial charge on any atom is 0.416 e. The molecule has 4 nitrogen and oxygen atoms in total. The summed E-state index contributed by atoms with van der Waals surface area (Å²) in [5.74, 6) is 1.88. The summed E-state index contributed by atoms with van der Waals surface area (Å²) in [5.41, 5.74) is -0.866. The second-order valence-electron chi connectivity index (χ2n) is 9.18. The van der Waals surface area contributed by atoms with Crippen LogP contribution in [0.4, 0.5) is 18.9 Å². The van der Waals surface area contributed by atoms with E-state index in [0.29, 0.717) is 30.7 Å². The lowest BCUT2D eigenvalue weighted by molar-refractivity contribution is -0.146. The predicted molar refractivity (Wildman–Crippen MR) is 103 cm³/mol. The topological polar surface area (TPSA) is 58.2 Å². The van der Waals surface area contributed by atoms with Gasteiger partial charge in [-0.25, -0.2) is 0 Å². The molecule has 0 aliphatic heterocycles. The third-order valence-corrected chi connectivity index (χ3v) is 6.86. The van der Waals surface area contributed by atoms with Crippen LogP contribution in [0, 0.1) is 23.2 Å². The minimum Gasteiger partial charge on any atom is -0.356 e. The van der Waals surface area contributed by atoms with Crippen molar-refractivity contribution in [2.45, 2.75) is 57.5 Å². The van der Waals surface area contributed by atoms with Gasteiger partial charge in [-0.1, -0.05) is 6.07 Å². The van der Waals surface area contributed by atoms with Gasteiger partial charge >= 0.3 is 6.18 Å². The van der Waals surface area contributed by atoms with E-state index in [9.17, 15) is 22.8 Å². The predicted octanol–water partition coefficient (Wildman–Crippen LogP) is 4.76. The zero-order valence-electron chi connectivity index (χ0n) is 16.4. The zero-order chi connectivity index (χ0) is 20.6. The van der Waals surface area contributed by atoms with Gasteiger partial charge in [0.1, 0.15) is 0 Å². The third kappa shape index (κ3) is 4.43. The standard InChI is InChI=1S/C22H27F3N2O2/c23-22(24,25)17-3-1-4-18(10-17)27-19(28)5-2-6-26-20(29)21-11-14-7-15(12-21)9-16(8-14)13-21/h1,3-4,10,14-16H,2,5-9,11-13H2,(H,26,29)(H,27,28). The zero-order valence-corrected chi connectivity index (χ0v) is 16.4. The Bertz CT molecular complexity index is 755. The molecule has 0 atom stereocenters. The first-order chi connectivity index (χ1) is 13.7. The van der Waals surface area contributed by atoms with Crippen molar-refractivity contribution in [2.75, 3.05) is 11.9 Å². The number of carbonyl (C=O) groups is 2. The van der Waals surface area contributed by atoms with E-state index < -0.39 is 11.7 Å². The van der Waals surface area contributed by atoms with Crippen molar-refractivity contribution in [3.05, 3.63) is 29.8 Å². The van der Waals surface area contributed by atoms with Crippen molar-refractivity contribution < 1.29 is 22.8 Å². The van der Waals surface area contributed by atoms with E-state index in [1.165, 1.54) is 31.4 Å². The van der Waals surface area contributed by atoms with Gasteiger partial charge in [-0.15, -0.1) is 0 Å². The maximum absolute atomic E-state index is 12.8. The molecule has 4 fully saturated rings. The van der Waals surface area contributed by atoms with Crippen LogP contribution in [0.5, 0.6) is 0 Å². The fourth-order valence-electron chi connectivity index (χ4n) is 6.02. The van der Waals surface area contributed by atoms with Crippen molar-refractivity contribution in [1.29, 1.82) is 0 Å². The van der Waals surface area contributed by atoms with Crippen LogP contribution in [0.25, 0.3) is 0 Å². The molecule has 4 bridgehead atoms.